The van der Waals surface area contributed by atoms with Crippen LogP contribution in [0.3, 0.4) is 0 Å². The normalized spacial score (nSPS) is 15.1. The average molecular weight is 425 g/mol. The van der Waals surface area contributed by atoms with Gasteiger partial charge in [-0.15, -0.1) is 0 Å². The van der Waals surface area contributed by atoms with E-state index in [1.54, 1.807) is 24.3 Å². The highest BCUT2D eigenvalue weighted by Crippen LogP contribution is 2.12. The van der Waals surface area contributed by atoms with Crippen LogP contribution in [0.1, 0.15) is 20.8 Å². The molecule has 1 aromatic rings. The van der Waals surface area contributed by atoms with E-state index in [0.29, 0.717) is 19.0 Å². The molecule has 4 N–H and O–H groups in total. The molecule has 0 aromatic heterocycles. The SMILES string of the molecule is CC(C)[C@H](CN)NC[C@H](C)NS(=O)(=O)c1ccc(I)cc1. The Balaban J connectivity index is 2.61. The number of nitrogens with one attached hydrogen (secondary N) is 2. The maximum Gasteiger partial charge on any atom is 0.240 e. The van der Waals surface area contributed by atoms with Crippen molar-refractivity contribution in [2.45, 2.75) is 37.8 Å². The molecule has 0 radical (unpaired) electrons. The molecule has 5 nitrogen and oxygen atoms in total. The molecular formula is C14H24IN3O2S. The predicted molar refractivity (Wildman–Crippen MR) is 94.6 cm³/mol. The summed E-state index contributed by atoms with van der Waals surface area (Å²) in [5.41, 5.74) is 5.69. The molecule has 0 aliphatic rings. The molecule has 120 valence electrons. The third-order valence-electron chi connectivity index (χ3n) is 3.23. The summed E-state index contributed by atoms with van der Waals surface area (Å²) >= 11 is 2.14. The Morgan fingerprint density at radius 1 is 1.19 bits per heavy atom. The van der Waals surface area contributed by atoms with E-state index in [0.717, 1.165) is 3.57 Å². The molecule has 0 bridgehead atoms. The Hall–Kier alpha value is -0.220. The van der Waals surface area contributed by atoms with Crippen molar-refractivity contribution in [2.75, 3.05) is 13.1 Å². The second-order valence-electron chi connectivity index (χ2n) is 5.47. The Kier molecular flexibility index (Phi) is 7.55. The van der Waals surface area contributed by atoms with E-state index < -0.39 is 10.0 Å². The van der Waals surface area contributed by atoms with Crippen LogP contribution in [0.2, 0.25) is 0 Å². The summed E-state index contributed by atoms with van der Waals surface area (Å²) < 4.78 is 28.2. The molecule has 0 saturated heterocycles. The Bertz CT molecular complexity index is 532. The fraction of sp³-hybridized carbons (Fsp3) is 0.571. The molecule has 0 spiro atoms. The minimum atomic E-state index is -3.48. The van der Waals surface area contributed by atoms with Crippen LogP contribution in [-0.2, 0) is 10.0 Å². The number of nitrogens with two attached hydrogens (primary N) is 1. The standard InChI is InChI=1S/C14H24IN3O2S/c1-10(2)14(8-16)17-9-11(3)18-21(19,20)13-6-4-12(15)5-7-13/h4-7,10-11,14,17-18H,8-9,16H2,1-3H3/t11-,14-/m0/s1. The Labute approximate surface area is 141 Å². The van der Waals surface area contributed by atoms with Gasteiger partial charge in [0.1, 0.15) is 0 Å². The average Bonchev–Trinajstić information content (AvgIpc) is 2.38. The van der Waals surface area contributed by atoms with Gasteiger partial charge >= 0.3 is 0 Å². The maximum absolute atomic E-state index is 12.2. The van der Waals surface area contributed by atoms with Crippen LogP contribution in [0.4, 0.5) is 0 Å². The highest BCUT2D eigenvalue weighted by molar-refractivity contribution is 14.1. The molecule has 21 heavy (non-hydrogen) atoms. The van der Waals surface area contributed by atoms with Crippen LogP contribution in [-0.4, -0.2) is 33.6 Å². The van der Waals surface area contributed by atoms with E-state index in [1.807, 2.05) is 6.92 Å². The lowest BCUT2D eigenvalue weighted by Crippen LogP contribution is -2.47. The van der Waals surface area contributed by atoms with Gasteiger partial charge in [0.2, 0.25) is 10.0 Å². The van der Waals surface area contributed by atoms with Crippen LogP contribution in [0.25, 0.3) is 0 Å². The van der Waals surface area contributed by atoms with E-state index in [1.165, 1.54) is 0 Å². The van der Waals surface area contributed by atoms with Crippen molar-refractivity contribution in [3.63, 3.8) is 0 Å². The highest BCUT2D eigenvalue weighted by atomic mass is 127. The molecule has 1 rings (SSSR count). The fourth-order valence-corrected chi connectivity index (χ4v) is 3.51. The summed E-state index contributed by atoms with van der Waals surface area (Å²) in [6.45, 7) is 7.10. The van der Waals surface area contributed by atoms with Crippen LogP contribution < -0.4 is 15.8 Å². The van der Waals surface area contributed by atoms with Gasteiger partial charge in [0, 0.05) is 28.7 Å². The van der Waals surface area contributed by atoms with Gasteiger partial charge in [-0.2, -0.15) is 0 Å². The summed E-state index contributed by atoms with van der Waals surface area (Å²) in [7, 11) is -3.48. The number of hydrogen-bond acceptors (Lipinski definition) is 4. The first-order valence-electron chi connectivity index (χ1n) is 6.97. The number of rotatable bonds is 8. The van der Waals surface area contributed by atoms with Gasteiger partial charge < -0.3 is 11.1 Å². The van der Waals surface area contributed by atoms with Crippen LogP contribution >= 0.6 is 22.6 Å². The Morgan fingerprint density at radius 2 is 1.76 bits per heavy atom. The van der Waals surface area contributed by atoms with E-state index in [4.69, 9.17) is 5.73 Å². The summed E-state index contributed by atoms with van der Waals surface area (Å²) in [4.78, 5) is 0.286. The van der Waals surface area contributed by atoms with E-state index in [-0.39, 0.29) is 17.0 Å². The zero-order chi connectivity index (χ0) is 16.0. The van der Waals surface area contributed by atoms with Crippen molar-refractivity contribution in [3.05, 3.63) is 27.8 Å². The fourth-order valence-electron chi connectivity index (χ4n) is 1.91. The topological polar surface area (TPSA) is 84.2 Å². The summed E-state index contributed by atoms with van der Waals surface area (Å²) in [6.07, 6.45) is 0. The molecule has 0 unspecified atom stereocenters. The maximum atomic E-state index is 12.2. The quantitative estimate of drug-likeness (QED) is 0.552. The summed E-state index contributed by atoms with van der Waals surface area (Å²) in [5.74, 6) is 0.412. The second kappa shape index (κ2) is 8.42. The molecule has 0 amide bonds. The van der Waals surface area contributed by atoms with E-state index in [9.17, 15) is 8.42 Å². The molecule has 2 atom stereocenters. The molecule has 0 saturated carbocycles. The van der Waals surface area contributed by atoms with Crippen molar-refractivity contribution in [1.82, 2.24) is 10.0 Å². The lowest BCUT2D eigenvalue weighted by atomic mass is 10.0. The predicted octanol–water partition coefficient (Wildman–Crippen LogP) is 1.53. The first-order valence-corrected chi connectivity index (χ1v) is 9.53. The molecule has 0 aliphatic carbocycles. The van der Waals surface area contributed by atoms with Crippen LogP contribution in [0.5, 0.6) is 0 Å². The zero-order valence-corrected chi connectivity index (χ0v) is 15.6. The number of hydrogen-bond donors (Lipinski definition) is 3. The lowest BCUT2D eigenvalue weighted by molar-refractivity contribution is 0.391. The van der Waals surface area contributed by atoms with Gasteiger partial charge in [-0.05, 0) is 59.7 Å². The minimum absolute atomic E-state index is 0.190. The largest absolute Gasteiger partial charge is 0.329 e. The molecule has 0 fully saturated rings. The van der Waals surface area contributed by atoms with E-state index in [2.05, 4.69) is 46.5 Å². The van der Waals surface area contributed by atoms with E-state index >= 15 is 0 Å². The third kappa shape index (κ3) is 6.19. The van der Waals surface area contributed by atoms with Crippen LogP contribution in [0, 0.1) is 9.49 Å². The van der Waals surface area contributed by atoms with Gasteiger partial charge in [-0.25, -0.2) is 13.1 Å². The number of benzene rings is 1. The van der Waals surface area contributed by atoms with Gasteiger partial charge in [0.15, 0.2) is 0 Å². The van der Waals surface area contributed by atoms with Crippen molar-refractivity contribution in [3.8, 4) is 0 Å². The van der Waals surface area contributed by atoms with Crippen molar-refractivity contribution >= 4 is 32.6 Å². The smallest absolute Gasteiger partial charge is 0.240 e. The summed E-state index contributed by atoms with van der Waals surface area (Å²) in [5, 5.41) is 3.30. The first-order chi connectivity index (χ1) is 9.76. The van der Waals surface area contributed by atoms with Gasteiger partial charge in [0.05, 0.1) is 4.90 Å². The van der Waals surface area contributed by atoms with Gasteiger partial charge in [0.25, 0.3) is 0 Å². The van der Waals surface area contributed by atoms with Crippen molar-refractivity contribution in [2.24, 2.45) is 11.7 Å². The van der Waals surface area contributed by atoms with Crippen molar-refractivity contribution in [1.29, 1.82) is 0 Å². The molecule has 1 aromatic carbocycles. The molecule has 0 aliphatic heterocycles. The monoisotopic (exact) mass is 425 g/mol. The van der Waals surface area contributed by atoms with Gasteiger partial charge in [-0.3, -0.25) is 0 Å². The second-order valence-corrected chi connectivity index (χ2v) is 8.43. The lowest BCUT2D eigenvalue weighted by Gasteiger charge is -2.23. The third-order valence-corrected chi connectivity index (χ3v) is 5.55. The van der Waals surface area contributed by atoms with Crippen LogP contribution in [0.15, 0.2) is 29.2 Å². The summed E-state index contributed by atoms with van der Waals surface area (Å²) in [6, 6.07) is 6.77. The molecule has 7 heteroatoms. The number of halogens is 1. The molecule has 0 heterocycles. The zero-order valence-electron chi connectivity index (χ0n) is 12.6. The first kappa shape index (κ1) is 18.8. The molecular weight excluding hydrogens is 401 g/mol. The Morgan fingerprint density at radius 3 is 2.24 bits per heavy atom. The number of sulfonamides is 1. The minimum Gasteiger partial charge on any atom is -0.329 e. The van der Waals surface area contributed by atoms with Crippen molar-refractivity contribution < 1.29 is 8.42 Å². The van der Waals surface area contributed by atoms with Gasteiger partial charge in [-0.1, -0.05) is 13.8 Å². The highest BCUT2D eigenvalue weighted by Gasteiger charge is 2.18.